The fourth-order valence-corrected chi connectivity index (χ4v) is 6.21. The molecular weight excluding hydrogens is 667 g/mol. The van der Waals surface area contributed by atoms with Gasteiger partial charge in [0.2, 0.25) is 11.8 Å². The van der Waals surface area contributed by atoms with Gasteiger partial charge in [0.25, 0.3) is 0 Å². The number of nitrogens with zero attached hydrogens (tertiary/aromatic N) is 4. The Kier molecular flexibility index (Phi) is 14.4. The molecule has 0 atom stereocenters. The number of unbranched alkanes of at least 4 members (excludes halogenated alkanes) is 1. The summed E-state index contributed by atoms with van der Waals surface area (Å²) in [6, 6.07) is 16.0. The molecule has 1 N–H and O–H groups in total. The van der Waals surface area contributed by atoms with Crippen molar-refractivity contribution in [2.75, 3.05) is 31.3 Å². The van der Waals surface area contributed by atoms with Crippen molar-refractivity contribution in [1.29, 1.82) is 0 Å². The molecule has 0 saturated carbocycles. The number of aromatic nitrogens is 3. The number of fused-ring (bicyclic) bond motifs is 5. The van der Waals surface area contributed by atoms with E-state index in [1.54, 1.807) is 0 Å². The van der Waals surface area contributed by atoms with Crippen LogP contribution in [0.2, 0.25) is 0 Å². The number of carbonyl (C=O) groups is 2. The maximum Gasteiger partial charge on any atom is 0.227 e. The second kappa shape index (κ2) is 18.2. The van der Waals surface area contributed by atoms with E-state index in [0.29, 0.717) is 39.3 Å². The van der Waals surface area contributed by atoms with Crippen molar-refractivity contribution in [3.05, 3.63) is 54.1 Å². The number of hydrogen-bond donors (Lipinski definition) is 1. The summed E-state index contributed by atoms with van der Waals surface area (Å²) in [7, 11) is 0. The fourth-order valence-electron chi connectivity index (χ4n) is 6.21. The number of aryl methyl sites for hydroxylation is 1. The minimum atomic E-state index is -0.414. The number of carbonyl (C=O) groups excluding carboxylic acids is 2. The normalized spacial score (nSPS) is 13.5. The molecule has 10 heteroatoms. The number of rotatable bonds is 19. The van der Waals surface area contributed by atoms with Gasteiger partial charge in [0.05, 0.1) is 47.9 Å². The van der Waals surface area contributed by atoms with Crippen LogP contribution in [-0.2, 0) is 36.9 Å². The Morgan fingerprint density at radius 3 is 2.13 bits per heavy atom. The molecule has 0 unspecified atom stereocenters. The summed E-state index contributed by atoms with van der Waals surface area (Å²) < 4.78 is 20.5. The Morgan fingerprint density at radius 2 is 1.42 bits per heavy atom. The smallest absolute Gasteiger partial charge is 0.227 e. The van der Waals surface area contributed by atoms with Crippen LogP contribution in [0.25, 0.3) is 22.5 Å². The summed E-state index contributed by atoms with van der Waals surface area (Å²) in [5.74, 6) is -0.268. The first-order chi connectivity index (χ1) is 24.9. The van der Waals surface area contributed by atoms with E-state index in [1.807, 2.05) is 72.0 Å². The Hall–Kier alpha value is -3.60. The quantitative estimate of drug-likeness (QED) is 0.123. The third kappa shape index (κ3) is 12.8. The van der Waals surface area contributed by atoms with E-state index in [2.05, 4.69) is 65.9 Å². The topological polar surface area (TPSA) is 108 Å². The average Bonchev–Trinajstić information content (AvgIpc) is 3.50. The second-order valence-corrected chi connectivity index (χ2v) is 17.4. The van der Waals surface area contributed by atoms with Crippen LogP contribution < -0.4 is 10.2 Å². The largest absolute Gasteiger partial charge is 0.376 e. The first-order valence-electron chi connectivity index (χ1n) is 19.5. The zero-order chi connectivity index (χ0) is 38.9. The van der Waals surface area contributed by atoms with Crippen molar-refractivity contribution >= 4 is 17.5 Å². The highest BCUT2D eigenvalue weighted by molar-refractivity contribution is 6.01. The van der Waals surface area contributed by atoms with Crippen LogP contribution in [0, 0.1) is 5.41 Å². The van der Waals surface area contributed by atoms with E-state index in [1.165, 1.54) is 0 Å². The van der Waals surface area contributed by atoms with Crippen molar-refractivity contribution in [3.63, 3.8) is 0 Å². The van der Waals surface area contributed by atoms with Crippen LogP contribution >= 0.6 is 0 Å². The Bertz CT molecular complexity index is 1650. The predicted octanol–water partition coefficient (Wildman–Crippen LogP) is 8.76. The third-order valence-electron chi connectivity index (χ3n) is 9.71. The molecule has 0 spiro atoms. The van der Waals surface area contributed by atoms with Crippen molar-refractivity contribution in [2.24, 2.45) is 5.41 Å². The number of hydrogen-bond acceptors (Lipinski definition) is 7. The van der Waals surface area contributed by atoms with Gasteiger partial charge >= 0.3 is 0 Å². The van der Waals surface area contributed by atoms with Gasteiger partial charge in [0, 0.05) is 43.7 Å². The highest BCUT2D eigenvalue weighted by Crippen LogP contribution is 2.41. The summed E-state index contributed by atoms with van der Waals surface area (Å²) in [5, 5.41) is 12.3. The Morgan fingerprint density at radius 1 is 0.774 bits per heavy atom. The van der Waals surface area contributed by atoms with Crippen LogP contribution in [0.1, 0.15) is 120 Å². The summed E-state index contributed by atoms with van der Waals surface area (Å²) in [5.41, 5.74) is 4.35. The zero-order valence-corrected chi connectivity index (χ0v) is 34.1. The fraction of sp³-hybridized carbons (Fsp3) is 0.628. The van der Waals surface area contributed by atoms with Crippen LogP contribution in [-0.4, -0.2) is 70.0 Å². The zero-order valence-electron chi connectivity index (χ0n) is 34.1. The molecule has 292 valence electrons. The predicted molar refractivity (Wildman–Crippen MR) is 213 cm³/mol. The van der Waals surface area contributed by atoms with Gasteiger partial charge in [-0.05, 0) is 84.3 Å². The maximum atomic E-state index is 14.1. The van der Waals surface area contributed by atoms with E-state index in [9.17, 15) is 9.59 Å². The van der Waals surface area contributed by atoms with Crippen molar-refractivity contribution in [2.45, 2.75) is 144 Å². The molecule has 1 aliphatic rings. The summed E-state index contributed by atoms with van der Waals surface area (Å²) >= 11 is 0. The van der Waals surface area contributed by atoms with E-state index in [0.717, 1.165) is 66.1 Å². The molecule has 4 rings (SSSR count). The number of amides is 2. The van der Waals surface area contributed by atoms with Gasteiger partial charge in [-0.1, -0.05) is 81.8 Å². The number of ether oxygens (including phenoxy) is 3. The minimum Gasteiger partial charge on any atom is -0.376 e. The van der Waals surface area contributed by atoms with E-state index in [4.69, 9.17) is 19.3 Å². The van der Waals surface area contributed by atoms with E-state index >= 15 is 0 Å². The average molecular weight is 732 g/mol. The first-order valence-corrected chi connectivity index (χ1v) is 19.5. The van der Waals surface area contributed by atoms with Gasteiger partial charge in [-0.15, -0.1) is 5.10 Å². The molecule has 2 heterocycles. The molecule has 10 nitrogen and oxygen atoms in total. The molecule has 0 bridgehead atoms. The summed E-state index contributed by atoms with van der Waals surface area (Å²) in [6.45, 7) is 24.6. The molecule has 0 aliphatic carbocycles. The van der Waals surface area contributed by atoms with Crippen LogP contribution in [0.3, 0.4) is 0 Å². The lowest BCUT2D eigenvalue weighted by Crippen LogP contribution is -2.36. The van der Waals surface area contributed by atoms with Crippen molar-refractivity contribution < 1.29 is 23.8 Å². The highest BCUT2D eigenvalue weighted by atomic mass is 16.5. The SMILES string of the molecule is CCCCOC(C)(C)CCn1nnc2c1-c1ccccc1N(C(=O)CCC(=O)NCCC(C)(C)OCCC(C)(C)OCC(C)(C)C)Cc1ccccc1-2. The summed E-state index contributed by atoms with van der Waals surface area (Å²) in [4.78, 5) is 28.9. The number of para-hydroxylation sites is 1. The number of anilines is 1. The van der Waals surface area contributed by atoms with Gasteiger partial charge < -0.3 is 24.4 Å². The third-order valence-corrected chi connectivity index (χ3v) is 9.71. The number of nitrogens with one attached hydrogen (secondary N) is 1. The number of benzene rings is 2. The van der Waals surface area contributed by atoms with Crippen LogP contribution in [0.5, 0.6) is 0 Å². The van der Waals surface area contributed by atoms with Crippen molar-refractivity contribution in [3.8, 4) is 22.5 Å². The van der Waals surface area contributed by atoms with Gasteiger partial charge in [0.1, 0.15) is 5.69 Å². The molecule has 1 aromatic heterocycles. The lowest BCUT2D eigenvalue weighted by molar-refractivity contribution is -0.125. The first kappa shape index (κ1) is 42.1. The Labute approximate surface area is 318 Å². The molecule has 0 saturated heterocycles. The molecule has 2 aromatic carbocycles. The lowest BCUT2D eigenvalue weighted by Gasteiger charge is -2.32. The van der Waals surface area contributed by atoms with Crippen LogP contribution in [0.15, 0.2) is 48.5 Å². The molecular formula is C43H65N5O5. The van der Waals surface area contributed by atoms with Gasteiger partial charge in [-0.25, -0.2) is 4.68 Å². The summed E-state index contributed by atoms with van der Waals surface area (Å²) in [6.07, 6.45) is 4.47. The van der Waals surface area contributed by atoms with Gasteiger partial charge in [-0.3, -0.25) is 9.59 Å². The van der Waals surface area contributed by atoms with Gasteiger partial charge in [-0.2, -0.15) is 0 Å². The van der Waals surface area contributed by atoms with Crippen molar-refractivity contribution in [1.82, 2.24) is 20.3 Å². The Balaban J connectivity index is 1.40. The molecule has 0 radical (unpaired) electrons. The standard InChI is InChI=1S/C43H65N5O5/c1-11-12-28-51-42(7,8)24-27-48-39-34-19-15-16-20-35(34)47(30-32-17-13-14-18-33(32)38(39)45-46-48)37(50)22-21-36(49)44-26-23-41(5,6)52-29-25-43(9,10)53-31-40(2,3)4/h13-20H,11-12,21-31H2,1-10H3,(H,44,49). The minimum absolute atomic E-state index is 0.0829. The second-order valence-electron chi connectivity index (χ2n) is 17.4. The molecule has 3 aromatic rings. The van der Waals surface area contributed by atoms with Gasteiger partial charge in [0.15, 0.2) is 0 Å². The molecule has 0 fully saturated rings. The monoisotopic (exact) mass is 731 g/mol. The van der Waals surface area contributed by atoms with Crippen LogP contribution in [0.4, 0.5) is 5.69 Å². The maximum absolute atomic E-state index is 14.1. The molecule has 53 heavy (non-hydrogen) atoms. The highest BCUT2D eigenvalue weighted by Gasteiger charge is 2.30. The molecule has 2 amide bonds. The van der Waals surface area contributed by atoms with E-state index in [-0.39, 0.29) is 41.3 Å². The van der Waals surface area contributed by atoms with E-state index < -0.39 is 5.60 Å². The lowest BCUT2D eigenvalue weighted by atomic mass is 9.95. The molecule has 1 aliphatic heterocycles.